The zero-order chi connectivity index (χ0) is 6.41. The molecule has 0 fully saturated rings. The zero-order valence-corrected chi connectivity index (χ0v) is 5.35. The highest BCUT2D eigenvalue weighted by Crippen LogP contribution is 1.95. The summed E-state index contributed by atoms with van der Waals surface area (Å²) in [7, 11) is 0. The van der Waals surface area contributed by atoms with E-state index in [1.807, 2.05) is 13.8 Å². The Morgan fingerprint density at radius 3 is 2.88 bits per heavy atom. The third kappa shape index (κ3) is 3.58. The number of rotatable bonds is 3. The summed E-state index contributed by atoms with van der Waals surface area (Å²) < 4.78 is 5.01. The first-order chi connectivity index (χ1) is 3.81. The molecule has 0 aromatic rings. The molecule has 44 valence electrons. The molecule has 0 N–H and O–H groups in total. The Morgan fingerprint density at radius 2 is 2.50 bits per heavy atom. The van der Waals surface area contributed by atoms with Gasteiger partial charge < -0.3 is 0 Å². The topological polar surface area (TPSA) is 9.23 Å². The lowest BCUT2D eigenvalue weighted by molar-refractivity contribution is 0.129. The molecule has 0 spiro atoms. The van der Waals surface area contributed by atoms with E-state index >= 15 is 0 Å². The van der Waals surface area contributed by atoms with E-state index in [-0.39, 0.29) is 6.10 Å². The van der Waals surface area contributed by atoms with E-state index in [0.29, 0.717) is 6.42 Å². The fourth-order valence-electron chi connectivity index (χ4n) is 0.446. The first kappa shape index (κ1) is 7.39. The quantitative estimate of drug-likeness (QED) is 0.397. The van der Waals surface area contributed by atoms with E-state index in [1.54, 1.807) is 6.61 Å². The van der Waals surface area contributed by atoms with Crippen molar-refractivity contribution in [3.63, 3.8) is 0 Å². The van der Waals surface area contributed by atoms with Gasteiger partial charge in [-0.05, 0) is 6.92 Å². The van der Waals surface area contributed by atoms with E-state index in [9.17, 15) is 0 Å². The summed E-state index contributed by atoms with van der Waals surface area (Å²) in [5.74, 6) is 2.51. The number of hydrogen-bond acceptors (Lipinski definition) is 1. The lowest BCUT2D eigenvalue weighted by atomic mass is 10.3. The van der Waals surface area contributed by atoms with Crippen molar-refractivity contribution in [3.05, 3.63) is 6.61 Å². The molecule has 0 rings (SSSR count). The van der Waals surface area contributed by atoms with Crippen LogP contribution in [0.5, 0.6) is 0 Å². The average Bonchev–Trinajstić information content (AvgIpc) is 1.68. The summed E-state index contributed by atoms with van der Waals surface area (Å²) in [4.78, 5) is 0. The van der Waals surface area contributed by atoms with Gasteiger partial charge in [-0.1, -0.05) is 0 Å². The molecule has 0 aliphatic heterocycles. The van der Waals surface area contributed by atoms with Crippen molar-refractivity contribution in [3.8, 4) is 12.3 Å². The van der Waals surface area contributed by atoms with Gasteiger partial charge in [0.25, 0.3) is 0 Å². The Balaban J connectivity index is 3.08. The molecule has 0 radical (unpaired) electrons. The zero-order valence-electron chi connectivity index (χ0n) is 5.35. The van der Waals surface area contributed by atoms with Crippen LogP contribution >= 0.6 is 0 Å². The molecule has 0 aromatic heterocycles. The fraction of sp³-hybridized carbons (Fsp3) is 0.571. The molecular formula is C7H11O+. The summed E-state index contributed by atoms with van der Waals surface area (Å²) in [6.07, 6.45) is 5.87. The highest BCUT2D eigenvalue weighted by Gasteiger charge is 2.01. The third-order valence-corrected chi connectivity index (χ3v) is 0.774. The summed E-state index contributed by atoms with van der Waals surface area (Å²) >= 11 is 0. The number of terminal acetylenes is 1. The van der Waals surface area contributed by atoms with Gasteiger partial charge in [0, 0.05) is 6.42 Å². The molecule has 0 bridgehead atoms. The van der Waals surface area contributed by atoms with Gasteiger partial charge in [0.2, 0.25) is 6.61 Å². The molecule has 1 atom stereocenters. The summed E-state index contributed by atoms with van der Waals surface area (Å²) in [6.45, 7) is 5.44. The van der Waals surface area contributed by atoms with Crippen LogP contribution in [0, 0.1) is 19.0 Å². The molecule has 1 nitrogen and oxygen atoms in total. The Bertz CT molecular complexity index is 80.9. The predicted molar refractivity (Wildman–Crippen MR) is 34.0 cm³/mol. The first-order valence-corrected chi connectivity index (χ1v) is 2.68. The standard InChI is InChI=1S/C7H11O/c1-4-6-7(3)8-5-2/h1,5,7H,6H2,2-3H3/q+1. The van der Waals surface area contributed by atoms with Crippen molar-refractivity contribution in [1.82, 2.24) is 0 Å². The van der Waals surface area contributed by atoms with Crippen LogP contribution in [-0.2, 0) is 4.74 Å². The van der Waals surface area contributed by atoms with E-state index in [4.69, 9.17) is 11.2 Å². The molecule has 0 aliphatic rings. The van der Waals surface area contributed by atoms with Gasteiger partial charge >= 0.3 is 0 Å². The number of hydrogen-bond donors (Lipinski definition) is 0. The molecule has 0 saturated carbocycles. The summed E-state index contributed by atoms with van der Waals surface area (Å²) in [5, 5.41) is 0. The maximum absolute atomic E-state index is 5.02. The van der Waals surface area contributed by atoms with Crippen LogP contribution in [0.1, 0.15) is 20.3 Å². The second-order valence-corrected chi connectivity index (χ2v) is 1.59. The molecular weight excluding hydrogens is 100 g/mol. The van der Waals surface area contributed by atoms with Gasteiger partial charge in [0.05, 0.1) is 0 Å². The average molecular weight is 111 g/mol. The van der Waals surface area contributed by atoms with Crippen LogP contribution in [0.2, 0.25) is 0 Å². The molecule has 1 heteroatoms. The van der Waals surface area contributed by atoms with Crippen LogP contribution in [-0.4, -0.2) is 6.10 Å². The number of ether oxygens (including phenoxy) is 1. The van der Waals surface area contributed by atoms with Crippen LogP contribution in [0.4, 0.5) is 0 Å². The third-order valence-electron chi connectivity index (χ3n) is 0.774. The Labute approximate surface area is 51.0 Å². The van der Waals surface area contributed by atoms with Crippen molar-refractivity contribution in [2.45, 2.75) is 26.4 Å². The molecule has 0 amide bonds. The minimum atomic E-state index is 0.171. The van der Waals surface area contributed by atoms with Crippen LogP contribution in [0.25, 0.3) is 0 Å². The Kier molecular flexibility index (Phi) is 4.20. The second kappa shape index (κ2) is 4.55. The van der Waals surface area contributed by atoms with Gasteiger partial charge in [-0.3, -0.25) is 0 Å². The van der Waals surface area contributed by atoms with Crippen LogP contribution in [0.3, 0.4) is 0 Å². The fourth-order valence-corrected chi connectivity index (χ4v) is 0.446. The highest BCUT2D eigenvalue weighted by molar-refractivity contribution is 4.86. The highest BCUT2D eigenvalue weighted by atomic mass is 16.5. The molecule has 0 saturated heterocycles. The van der Waals surface area contributed by atoms with Crippen molar-refractivity contribution in [2.75, 3.05) is 0 Å². The van der Waals surface area contributed by atoms with Gasteiger partial charge in [0.1, 0.15) is 13.0 Å². The second-order valence-electron chi connectivity index (χ2n) is 1.59. The minimum absolute atomic E-state index is 0.171. The Hall–Kier alpha value is -0.610. The van der Waals surface area contributed by atoms with Crippen LogP contribution in [0.15, 0.2) is 0 Å². The van der Waals surface area contributed by atoms with E-state index in [1.165, 1.54) is 0 Å². The van der Waals surface area contributed by atoms with Gasteiger partial charge in [-0.25, -0.2) is 0 Å². The molecule has 0 heterocycles. The van der Waals surface area contributed by atoms with Gasteiger partial charge in [-0.15, -0.1) is 12.3 Å². The van der Waals surface area contributed by atoms with Crippen molar-refractivity contribution in [2.24, 2.45) is 0 Å². The largest absolute Gasteiger partial charge is 0.224 e. The molecule has 0 aromatic carbocycles. The molecule has 8 heavy (non-hydrogen) atoms. The lowest BCUT2D eigenvalue weighted by Gasteiger charge is -1.96. The lowest BCUT2D eigenvalue weighted by Crippen LogP contribution is -2.02. The van der Waals surface area contributed by atoms with E-state index in [2.05, 4.69) is 5.92 Å². The SMILES string of the molecule is C#CCC(C)O[CH+]C. The van der Waals surface area contributed by atoms with Crippen molar-refractivity contribution < 1.29 is 4.74 Å². The van der Waals surface area contributed by atoms with Crippen molar-refractivity contribution in [1.29, 1.82) is 0 Å². The van der Waals surface area contributed by atoms with Crippen LogP contribution < -0.4 is 0 Å². The first-order valence-electron chi connectivity index (χ1n) is 2.68. The molecule has 1 unspecified atom stereocenters. The predicted octanol–water partition coefficient (Wildman–Crippen LogP) is 1.60. The minimum Gasteiger partial charge on any atom is -0.193 e. The maximum Gasteiger partial charge on any atom is 0.224 e. The summed E-state index contributed by atoms with van der Waals surface area (Å²) in [5.41, 5.74) is 0. The smallest absolute Gasteiger partial charge is 0.193 e. The van der Waals surface area contributed by atoms with E-state index < -0.39 is 0 Å². The summed E-state index contributed by atoms with van der Waals surface area (Å²) in [6, 6.07) is 0. The molecule has 0 aliphatic carbocycles. The maximum atomic E-state index is 5.02. The van der Waals surface area contributed by atoms with Gasteiger partial charge in [-0.2, -0.15) is 4.74 Å². The normalized spacial score (nSPS) is 12.1. The monoisotopic (exact) mass is 111 g/mol. The Morgan fingerprint density at radius 1 is 1.88 bits per heavy atom. The van der Waals surface area contributed by atoms with E-state index in [0.717, 1.165) is 0 Å². The van der Waals surface area contributed by atoms with Crippen molar-refractivity contribution >= 4 is 0 Å². The van der Waals surface area contributed by atoms with Gasteiger partial charge in [0.15, 0.2) is 0 Å².